The Labute approximate surface area is 136 Å². The predicted octanol–water partition coefficient (Wildman–Crippen LogP) is 3.38. The number of hydrogen-bond acceptors (Lipinski definition) is 3. The highest BCUT2D eigenvalue weighted by Gasteiger charge is 2.23. The van der Waals surface area contributed by atoms with Crippen LogP contribution in [0.1, 0.15) is 30.1 Å². The number of H-pyrrole nitrogens is 1. The van der Waals surface area contributed by atoms with Crippen molar-refractivity contribution in [3.05, 3.63) is 60.2 Å². The summed E-state index contributed by atoms with van der Waals surface area (Å²) in [6.07, 6.45) is 7.32. The lowest BCUT2D eigenvalue weighted by molar-refractivity contribution is 0.207. The van der Waals surface area contributed by atoms with E-state index in [1.165, 1.54) is 24.9 Å². The van der Waals surface area contributed by atoms with E-state index in [9.17, 15) is 0 Å². The summed E-state index contributed by atoms with van der Waals surface area (Å²) in [7, 11) is 0. The zero-order valence-electron chi connectivity index (χ0n) is 13.3. The van der Waals surface area contributed by atoms with Gasteiger partial charge in [0.1, 0.15) is 5.82 Å². The molecule has 4 heteroatoms. The number of para-hydroxylation sites is 2. The Bertz CT molecular complexity index is 732. The molecule has 0 saturated carbocycles. The molecule has 1 fully saturated rings. The van der Waals surface area contributed by atoms with Gasteiger partial charge in [-0.25, -0.2) is 4.98 Å². The minimum absolute atomic E-state index is 0.522. The van der Waals surface area contributed by atoms with Crippen LogP contribution in [-0.4, -0.2) is 39.5 Å². The Morgan fingerprint density at radius 1 is 1.13 bits per heavy atom. The van der Waals surface area contributed by atoms with Gasteiger partial charge in [0.15, 0.2) is 0 Å². The zero-order chi connectivity index (χ0) is 15.5. The standard InChI is InChI=1S/C19H22N4/c1-2-6-18-17(5-1)21-19(22-18)16-4-3-12-23(14-16)13-9-15-7-10-20-11-8-15/h1-2,5-8,10-11,16H,3-4,9,12-14H2,(H,21,22)/t16-/m1/s1. The maximum Gasteiger partial charge on any atom is 0.111 e. The van der Waals surface area contributed by atoms with Crippen molar-refractivity contribution >= 4 is 11.0 Å². The summed E-state index contributed by atoms with van der Waals surface area (Å²) in [5.41, 5.74) is 3.60. The molecule has 1 saturated heterocycles. The molecule has 0 radical (unpaired) electrons. The van der Waals surface area contributed by atoms with Crippen LogP contribution >= 0.6 is 0 Å². The van der Waals surface area contributed by atoms with E-state index in [-0.39, 0.29) is 0 Å². The van der Waals surface area contributed by atoms with E-state index in [0.717, 1.165) is 36.4 Å². The van der Waals surface area contributed by atoms with Crippen LogP contribution < -0.4 is 0 Å². The molecule has 118 valence electrons. The van der Waals surface area contributed by atoms with Gasteiger partial charge in [0.25, 0.3) is 0 Å². The molecule has 2 aromatic heterocycles. The Morgan fingerprint density at radius 3 is 2.87 bits per heavy atom. The lowest BCUT2D eigenvalue weighted by Gasteiger charge is -2.31. The van der Waals surface area contributed by atoms with E-state index in [1.54, 1.807) is 0 Å². The first-order valence-corrected chi connectivity index (χ1v) is 8.44. The van der Waals surface area contributed by atoms with Gasteiger partial charge in [0, 0.05) is 31.4 Å². The number of rotatable bonds is 4. The molecule has 4 nitrogen and oxygen atoms in total. The Morgan fingerprint density at radius 2 is 2.00 bits per heavy atom. The Hall–Kier alpha value is -2.20. The van der Waals surface area contributed by atoms with E-state index in [2.05, 4.69) is 51.3 Å². The lowest BCUT2D eigenvalue weighted by atomic mass is 9.97. The minimum atomic E-state index is 0.522. The number of pyridine rings is 1. The van der Waals surface area contributed by atoms with Gasteiger partial charge in [0.2, 0.25) is 0 Å². The summed E-state index contributed by atoms with van der Waals surface area (Å²) in [5.74, 6) is 1.67. The average molecular weight is 306 g/mol. The molecule has 0 aliphatic carbocycles. The Kier molecular flexibility index (Phi) is 4.07. The molecule has 0 bridgehead atoms. The van der Waals surface area contributed by atoms with Crippen molar-refractivity contribution in [1.82, 2.24) is 19.9 Å². The molecule has 0 spiro atoms. The van der Waals surface area contributed by atoms with Crippen molar-refractivity contribution in [3.63, 3.8) is 0 Å². The highest BCUT2D eigenvalue weighted by molar-refractivity contribution is 5.74. The molecule has 3 aromatic rings. The highest BCUT2D eigenvalue weighted by atomic mass is 15.1. The molecule has 1 aliphatic heterocycles. The fourth-order valence-corrected chi connectivity index (χ4v) is 3.48. The summed E-state index contributed by atoms with van der Waals surface area (Å²) >= 11 is 0. The van der Waals surface area contributed by atoms with Crippen LogP contribution in [0.25, 0.3) is 11.0 Å². The monoisotopic (exact) mass is 306 g/mol. The second kappa shape index (κ2) is 6.50. The number of aromatic amines is 1. The third kappa shape index (κ3) is 3.27. The normalized spacial score (nSPS) is 19.2. The molecular weight excluding hydrogens is 284 g/mol. The first-order valence-electron chi connectivity index (χ1n) is 8.44. The van der Waals surface area contributed by atoms with Gasteiger partial charge in [0.05, 0.1) is 11.0 Å². The molecule has 1 aliphatic rings. The number of aromatic nitrogens is 3. The second-order valence-corrected chi connectivity index (χ2v) is 6.38. The lowest BCUT2D eigenvalue weighted by Crippen LogP contribution is -2.36. The number of likely N-dealkylation sites (tertiary alicyclic amines) is 1. The maximum absolute atomic E-state index is 4.80. The van der Waals surface area contributed by atoms with Crippen LogP contribution in [-0.2, 0) is 6.42 Å². The van der Waals surface area contributed by atoms with E-state index < -0.39 is 0 Å². The number of fused-ring (bicyclic) bond motifs is 1. The first-order chi connectivity index (χ1) is 11.4. The van der Waals surface area contributed by atoms with Gasteiger partial charge in [-0.15, -0.1) is 0 Å². The van der Waals surface area contributed by atoms with Gasteiger partial charge in [-0.3, -0.25) is 4.98 Å². The smallest absolute Gasteiger partial charge is 0.111 e. The van der Waals surface area contributed by atoms with Crippen molar-refractivity contribution < 1.29 is 0 Å². The molecule has 0 unspecified atom stereocenters. The minimum Gasteiger partial charge on any atom is -0.342 e. The summed E-state index contributed by atoms with van der Waals surface area (Å²) in [5, 5.41) is 0. The molecule has 1 atom stereocenters. The van der Waals surface area contributed by atoms with Crippen LogP contribution in [0.3, 0.4) is 0 Å². The van der Waals surface area contributed by atoms with Gasteiger partial charge in [-0.1, -0.05) is 12.1 Å². The van der Waals surface area contributed by atoms with E-state index in [1.807, 2.05) is 12.4 Å². The van der Waals surface area contributed by atoms with Crippen LogP contribution in [0.5, 0.6) is 0 Å². The SMILES string of the molecule is c1ccc2[nH]c([C@@H]3CCCN(CCc4ccncc4)C3)nc2c1. The van der Waals surface area contributed by atoms with E-state index in [4.69, 9.17) is 4.98 Å². The molecule has 1 N–H and O–H groups in total. The predicted molar refractivity (Wildman–Crippen MR) is 92.4 cm³/mol. The summed E-state index contributed by atoms with van der Waals surface area (Å²) < 4.78 is 0. The van der Waals surface area contributed by atoms with Crippen LogP contribution in [0.15, 0.2) is 48.8 Å². The number of imidazole rings is 1. The fraction of sp³-hybridized carbons (Fsp3) is 0.368. The van der Waals surface area contributed by atoms with Crippen molar-refractivity contribution in [1.29, 1.82) is 0 Å². The van der Waals surface area contributed by atoms with Gasteiger partial charge in [-0.05, 0) is 55.6 Å². The largest absolute Gasteiger partial charge is 0.342 e. The zero-order valence-corrected chi connectivity index (χ0v) is 13.3. The second-order valence-electron chi connectivity index (χ2n) is 6.38. The van der Waals surface area contributed by atoms with Crippen molar-refractivity contribution in [3.8, 4) is 0 Å². The van der Waals surface area contributed by atoms with Crippen molar-refractivity contribution in [2.75, 3.05) is 19.6 Å². The molecule has 23 heavy (non-hydrogen) atoms. The number of hydrogen-bond donors (Lipinski definition) is 1. The third-order valence-corrected chi connectivity index (χ3v) is 4.77. The molecule has 1 aromatic carbocycles. The average Bonchev–Trinajstić information content (AvgIpc) is 3.05. The molecule has 4 rings (SSSR count). The van der Waals surface area contributed by atoms with Gasteiger partial charge >= 0.3 is 0 Å². The van der Waals surface area contributed by atoms with E-state index >= 15 is 0 Å². The van der Waals surface area contributed by atoms with Crippen LogP contribution in [0.2, 0.25) is 0 Å². The number of nitrogens with one attached hydrogen (secondary N) is 1. The number of piperidine rings is 1. The number of nitrogens with zero attached hydrogens (tertiary/aromatic N) is 3. The fourth-order valence-electron chi connectivity index (χ4n) is 3.48. The van der Waals surface area contributed by atoms with Crippen molar-refractivity contribution in [2.45, 2.75) is 25.2 Å². The summed E-state index contributed by atoms with van der Waals surface area (Å²) in [6, 6.07) is 12.5. The van der Waals surface area contributed by atoms with Gasteiger partial charge < -0.3 is 9.88 Å². The molecule has 0 amide bonds. The van der Waals surface area contributed by atoms with Crippen LogP contribution in [0, 0.1) is 0 Å². The quantitative estimate of drug-likeness (QED) is 0.803. The summed E-state index contributed by atoms with van der Waals surface area (Å²) in [4.78, 5) is 15.0. The summed E-state index contributed by atoms with van der Waals surface area (Å²) in [6.45, 7) is 3.41. The van der Waals surface area contributed by atoms with Gasteiger partial charge in [-0.2, -0.15) is 0 Å². The maximum atomic E-state index is 4.80. The molecular formula is C19H22N4. The molecule has 3 heterocycles. The third-order valence-electron chi connectivity index (χ3n) is 4.77. The van der Waals surface area contributed by atoms with Crippen molar-refractivity contribution in [2.24, 2.45) is 0 Å². The highest BCUT2D eigenvalue weighted by Crippen LogP contribution is 2.26. The van der Waals surface area contributed by atoms with Crippen LogP contribution in [0.4, 0.5) is 0 Å². The Balaban J connectivity index is 1.42. The number of benzene rings is 1. The topological polar surface area (TPSA) is 44.8 Å². The first kappa shape index (κ1) is 14.4. The van der Waals surface area contributed by atoms with E-state index in [0.29, 0.717) is 5.92 Å².